The van der Waals surface area contributed by atoms with Gasteiger partial charge in [-0.3, -0.25) is 4.57 Å². The summed E-state index contributed by atoms with van der Waals surface area (Å²) in [4.78, 5) is 14.4. The van der Waals surface area contributed by atoms with Crippen LogP contribution in [-0.4, -0.2) is 72.6 Å². The van der Waals surface area contributed by atoms with Gasteiger partial charge in [0.1, 0.15) is 18.3 Å². The van der Waals surface area contributed by atoms with Gasteiger partial charge in [0, 0.05) is 6.54 Å². The Balaban J connectivity index is 1.37. The number of ether oxygens (including phenoxy) is 1. The van der Waals surface area contributed by atoms with E-state index in [0.29, 0.717) is 12.1 Å². The summed E-state index contributed by atoms with van der Waals surface area (Å²) in [6.07, 6.45) is -2.90. The van der Waals surface area contributed by atoms with E-state index in [-0.39, 0.29) is 16.7 Å². The standard InChI is InChI=1S/C21H21ClFN5O4/c22-20-25-16(27-8-21(19(27)23)6-5-10-3-1-2-4-11(10)21)13-17(26-20)28(9-24-13)18-15(31)14(30)12(7-29)32-18/h1-4,9,12,14-15,18-19,29-31H,5-8H2/t12-,14-,15-,18-,19?,21?/m1/s1. The van der Waals surface area contributed by atoms with Crippen LogP contribution in [0.25, 0.3) is 11.2 Å². The van der Waals surface area contributed by atoms with Crippen LogP contribution in [0.1, 0.15) is 23.8 Å². The van der Waals surface area contributed by atoms with Crippen molar-refractivity contribution >= 4 is 28.6 Å². The highest BCUT2D eigenvalue weighted by Gasteiger charge is 2.58. The van der Waals surface area contributed by atoms with Gasteiger partial charge in [-0.05, 0) is 35.6 Å². The third-order valence-corrected chi connectivity index (χ3v) is 7.18. The average Bonchev–Trinajstić information content (AvgIpc) is 3.47. The van der Waals surface area contributed by atoms with Crippen LogP contribution in [0.5, 0.6) is 0 Å². The number of aromatic nitrogens is 4. The van der Waals surface area contributed by atoms with Crippen molar-refractivity contribution in [3.63, 3.8) is 0 Å². The fourth-order valence-corrected chi connectivity index (χ4v) is 5.49. The minimum atomic E-state index is -1.31. The van der Waals surface area contributed by atoms with Gasteiger partial charge in [-0.25, -0.2) is 9.37 Å². The number of aryl methyl sites for hydroxylation is 1. The minimum Gasteiger partial charge on any atom is -0.394 e. The second kappa shape index (κ2) is 7.06. The van der Waals surface area contributed by atoms with Gasteiger partial charge in [0.25, 0.3) is 0 Å². The van der Waals surface area contributed by atoms with E-state index in [4.69, 9.17) is 16.3 Å². The van der Waals surface area contributed by atoms with Crippen LogP contribution in [-0.2, 0) is 16.6 Å². The number of anilines is 1. The molecule has 3 aromatic rings. The first-order valence-corrected chi connectivity index (χ1v) is 10.8. The molecule has 9 nitrogen and oxygen atoms in total. The average molecular weight is 462 g/mol. The SMILES string of the molecule is OC[C@H]1O[C@@H](n2cnc3c(N4CC5(CCc6ccccc65)C4F)nc(Cl)nc32)[C@H](O)[C@@H]1O. The van der Waals surface area contributed by atoms with Crippen LogP contribution in [0, 0.1) is 0 Å². The molecule has 0 amide bonds. The van der Waals surface area contributed by atoms with E-state index in [2.05, 4.69) is 15.0 Å². The molecule has 0 saturated carbocycles. The summed E-state index contributed by atoms with van der Waals surface area (Å²) in [5.74, 6) is 0.271. The lowest BCUT2D eigenvalue weighted by Gasteiger charge is -2.52. The fraction of sp³-hybridized carbons (Fsp3) is 0.476. The number of aliphatic hydroxyl groups excluding tert-OH is 3. The number of rotatable bonds is 3. The van der Waals surface area contributed by atoms with Crippen molar-refractivity contribution in [1.29, 1.82) is 0 Å². The molecule has 6 rings (SSSR count). The van der Waals surface area contributed by atoms with E-state index < -0.39 is 42.9 Å². The van der Waals surface area contributed by atoms with E-state index in [1.54, 1.807) is 0 Å². The van der Waals surface area contributed by atoms with E-state index in [1.807, 2.05) is 24.3 Å². The summed E-state index contributed by atoms with van der Waals surface area (Å²) in [6.45, 7) is -0.0163. The Hall–Kier alpha value is -2.37. The number of nitrogens with zero attached hydrogens (tertiary/aromatic N) is 5. The molecule has 4 heterocycles. The summed E-state index contributed by atoms with van der Waals surface area (Å²) in [5.41, 5.74) is 2.20. The number of fused-ring (bicyclic) bond motifs is 3. The Labute approximate surface area is 187 Å². The third-order valence-electron chi connectivity index (χ3n) is 7.02. The summed E-state index contributed by atoms with van der Waals surface area (Å²) < 4.78 is 22.8. The lowest BCUT2D eigenvalue weighted by Crippen LogP contribution is -2.65. The summed E-state index contributed by atoms with van der Waals surface area (Å²) in [7, 11) is 0. The number of benzene rings is 1. The zero-order valence-electron chi connectivity index (χ0n) is 16.8. The van der Waals surface area contributed by atoms with Crippen molar-refractivity contribution in [3.8, 4) is 0 Å². The Morgan fingerprint density at radius 1 is 1.22 bits per heavy atom. The molecule has 32 heavy (non-hydrogen) atoms. The maximum atomic E-state index is 15.7. The zero-order chi connectivity index (χ0) is 22.2. The molecular weight excluding hydrogens is 441 g/mol. The van der Waals surface area contributed by atoms with Gasteiger partial charge in [0.15, 0.2) is 29.5 Å². The molecule has 2 aromatic heterocycles. The second-order valence-electron chi connectivity index (χ2n) is 8.65. The lowest BCUT2D eigenvalue weighted by atomic mass is 9.73. The first kappa shape index (κ1) is 20.3. The summed E-state index contributed by atoms with van der Waals surface area (Å²) in [5, 5.41) is 29.7. The highest BCUT2D eigenvalue weighted by Crippen LogP contribution is 2.52. The van der Waals surface area contributed by atoms with Crippen LogP contribution in [0.15, 0.2) is 30.6 Å². The fourth-order valence-electron chi connectivity index (χ4n) is 5.33. The Bertz CT molecular complexity index is 1210. The van der Waals surface area contributed by atoms with Crippen LogP contribution in [0.3, 0.4) is 0 Å². The quantitative estimate of drug-likeness (QED) is 0.392. The van der Waals surface area contributed by atoms with Gasteiger partial charge in [-0.2, -0.15) is 9.97 Å². The number of aliphatic hydroxyl groups is 3. The van der Waals surface area contributed by atoms with Crippen molar-refractivity contribution in [2.45, 2.75) is 49.1 Å². The van der Waals surface area contributed by atoms with Crippen molar-refractivity contribution in [1.82, 2.24) is 19.5 Å². The van der Waals surface area contributed by atoms with E-state index in [1.165, 1.54) is 21.4 Å². The van der Waals surface area contributed by atoms with Crippen LogP contribution in [0.2, 0.25) is 5.28 Å². The largest absolute Gasteiger partial charge is 0.394 e. The molecular formula is C21H21ClFN5O4. The molecule has 2 saturated heterocycles. The number of halogens is 2. The van der Waals surface area contributed by atoms with Crippen molar-refractivity contribution in [3.05, 3.63) is 47.0 Å². The Morgan fingerprint density at radius 3 is 2.78 bits per heavy atom. The summed E-state index contributed by atoms with van der Waals surface area (Å²) >= 11 is 6.18. The highest BCUT2D eigenvalue weighted by atomic mass is 35.5. The molecule has 3 aliphatic rings. The maximum absolute atomic E-state index is 15.7. The van der Waals surface area contributed by atoms with Crippen molar-refractivity contribution < 1.29 is 24.4 Å². The molecule has 6 atom stereocenters. The van der Waals surface area contributed by atoms with Crippen molar-refractivity contribution in [2.75, 3.05) is 18.1 Å². The van der Waals surface area contributed by atoms with Gasteiger partial charge in [0.2, 0.25) is 5.28 Å². The van der Waals surface area contributed by atoms with Gasteiger partial charge >= 0.3 is 0 Å². The number of hydrogen-bond acceptors (Lipinski definition) is 8. The van der Waals surface area contributed by atoms with Crippen LogP contribution >= 0.6 is 11.6 Å². The number of hydrogen-bond donors (Lipinski definition) is 3. The smallest absolute Gasteiger partial charge is 0.226 e. The van der Waals surface area contributed by atoms with Gasteiger partial charge < -0.3 is 25.0 Å². The topological polar surface area (TPSA) is 117 Å². The van der Waals surface area contributed by atoms with Gasteiger partial charge in [0.05, 0.1) is 18.3 Å². The predicted molar refractivity (Wildman–Crippen MR) is 112 cm³/mol. The molecule has 2 aliphatic heterocycles. The number of alkyl halides is 1. The molecule has 1 aromatic carbocycles. The van der Waals surface area contributed by atoms with Gasteiger partial charge in [-0.1, -0.05) is 24.3 Å². The van der Waals surface area contributed by atoms with E-state index >= 15 is 4.39 Å². The monoisotopic (exact) mass is 461 g/mol. The van der Waals surface area contributed by atoms with E-state index in [0.717, 1.165) is 18.4 Å². The second-order valence-corrected chi connectivity index (χ2v) is 8.98. The molecule has 2 fully saturated rings. The van der Waals surface area contributed by atoms with Crippen LogP contribution < -0.4 is 4.90 Å². The molecule has 2 unspecified atom stereocenters. The zero-order valence-corrected chi connectivity index (χ0v) is 17.6. The molecule has 1 aliphatic carbocycles. The lowest BCUT2D eigenvalue weighted by molar-refractivity contribution is -0.0511. The first-order valence-electron chi connectivity index (χ1n) is 10.5. The minimum absolute atomic E-state index is 0.0963. The molecule has 3 N–H and O–H groups in total. The number of imidazole rings is 1. The molecule has 0 radical (unpaired) electrons. The Morgan fingerprint density at radius 2 is 2.03 bits per heavy atom. The predicted octanol–water partition coefficient (Wildman–Crippen LogP) is 1.09. The first-order chi connectivity index (χ1) is 15.4. The third kappa shape index (κ3) is 2.61. The van der Waals surface area contributed by atoms with Crippen LogP contribution in [0.4, 0.5) is 10.2 Å². The van der Waals surface area contributed by atoms with E-state index in [9.17, 15) is 15.3 Å². The Kier molecular flexibility index (Phi) is 4.47. The maximum Gasteiger partial charge on any atom is 0.226 e. The van der Waals surface area contributed by atoms with Gasteiger partial charge in [-0.15, -0.1) is 0 Å². The highest BCUT2D eigenvalue weighted by molar-refractivity contribution is 6.28. The molecule has 168 valence electrons. The molecule has 0 bridgehead atoms. The molecule has 11 heteroatoms. The normalized spacial score (nSPS) is 33.8. The summed E-state index contributed by atoms with van der Waals surface area (Å²) in [6, 6.07) is 7.94. The van der Waals surface area contributed by atoms with Crippen molar-refractivity contribution in [2.24, 2.45) is 0 Å². The molecule has 1 spiro atoms.